The van der Waals surface area contributed by atoms with Crippen LogP contribution >= 0.6 is 11.3 Å². The number of imidazole rings is 1. The van der Waals surface area contributed by atoms with Gasteiger partial charge in [0, 0.05) is 30.7 Å². The molecule has 2 saturated heterocycles. The number of hydrogen-bond acceptors (Lipinski definition) is 9. The number of rotatable bonds is 7. The van der Waals surface area contributed by atoms with E-state index in [1.54, 1.807) is 16.7 Å². The Hall–Kier alpha value is -2.26. The van der Waals surface area contributed by atoms with Gasteiger partial charge < -0.3 is 14.7 Å². The molecule has 0 bridgehead atoms. The Kier molecular flexibility index (Phi) is 6.45. The van der Waals surface area contributed by atoms with Gasteiger partial charge in [-0.15, -0.1) is 10.2 Å². The first-order valence-electron chi connectivity index (χ1n) is 12.8. The number of aromatic nitrogens is 4. The fourth-order valence-corrected chi connectivity index (χ4v) is 7.66. The molecule has 3 aromatic rings. The molecular weight excluding hydrogens is 538 g/mol. The van der Waals surface area contributed by atoms with E-state index in [0.29, 0.717) is 49.7 Å². The maximum Gasteiger partial charge on any atom is 0.291 e. The van der Waals surface area contributed by atoms with Gasteiger partial charge in [-0.3, -0.25) is 4.40 Å². The minimum absolute atomic E-state index is 0.0588. The summed E-state index contributed by atoms with van der Waals surface area (Å²) in [6.07, 6.45) is 2.90. The van der Waals surface area contributed by atoms with Crippen LogP contribution in [0.1, 0.15) is 51.0 Å². The summed E-state index contributed by atoms with van der Waals surface area (Å²) >= 11 is 0.728. The molecule has 0 amide bonds. The highest BCUT2D eigenvalue weighted by atomic mass is 32.2. The van der Waals surface area contributed by atoms with Crippen molar-refractivity contribution in [3.05, 3.63) is 23.5 Å². The number of pyridine rings is 1. The summed E-state index contributed by atoms with van der Waals surface area (Å²) in [5.74, 6) is 0.575. The van der Waals surface area contributed by atoms with Crippen LogP contribution in [0.5, 0.6) is 0 Å². The third-order valence-electron chi connectivity index (χ3n) is 8.20. The molecule has 1 aliphatic carbocycles. The molecule has 1 spiro atoms. The second kappa shape index (κ2) is 9.44. The number of nitrogens with zero attached hydrogens (tertiary/aromatic N) is 5. The molecule has 0 radical (unpaired) electrons. The second-order valence-corrected chi connectivity index (χ2v) is 13.4. The monoisotopic (exact) mass is 568 g/mol. The van der Waals surface area contributed by atoms with Gasteiger partial charge in [-0.1, -0.05) is 11.3 Å². The van der Waals surface area contributed by atoms with Crippen LogP contribution in [0, 0.1) is 11.3 Å². The van der Waals surface area contributed by atoms with Gasteiger partial charge in [0.2, 0.25) is 10.0 Å². The van der Waals surface area contributed by atoms with Gasteiger partial charge in [0.15, 0.2) is 15.8 Å². The largest absolute Gasteiger partial charge is 0.390 e. The lowest BCUT2D eigenvalue weighted by Gasteiger charge is -2.41. The van der Waals surface area contributed by atoms with Crippen molar-refractivity contribution < 1.29 is 27.0 Å². The summed E-state index contributed by atoms with van der Waals surface area (Å²) in [7, 11) is -3.88. The van der Waals surface area contributed by atoms with Gasteiger partial charge in [-0.25, -0.2) is 26.9 Å². The lowest BCUT2D eigenvalue weighted by molar-refractivity contribution is 0.0250. The summed E-state index contributed by atoms with van der Waals surface area (Å²) in [4.78, 5) is 6.58. The highest BCUT2D eigenvalue weighted by Crippen LogP contribution is 2.44. The average molecular weight is 569 g/mol. The van der Waals surface area contributed by atoms with Crippen molar-refractivity contribution >= 4 is 32.6 Å². The van der Waals surface area contributed by atoms with Gasteiger partial charge in [-0.05, 0) is 51.5 Å². The maximum atomic E-state index is 13.5. The van der Waals surface area contributed by atoms with E-state index in [4.69, 9.17) is 4.74 Å². The molecule has 2 aliphatic heterocycles. The van der Waals surface area contributed by atoms with E-state index >= 15 is 0 Å². The molecule has 14 heteroatoms. The third-order valence-corrected chi connectivity index (χ3v) is 10.7. The van der Waals surface area contributed by atoms with E-state index in [2.05, 4.69) is 24.8 Å². The first-order chi connectivity index (χ1) is 18.1. The minimum atomic E-state index is -3.88. The SMILES string of the molecule is CC(NS(=O)(=O)c1cc(N2CCC3(CC2)CO[C@@H](C)[C@@H]3O)c2cnc(-c3nnc(C(F)F)s3)n2c1)C1CC1. The van der Waals surface area contributed by atoms with E-state index in [0.717, 1.165) is 24.2 Å². The number of alkyl halides is 2. The summed E-state index contributed by atoms with van der Waals surface area (Å²) in [6.45, 7) is 5.42. The van der Waals surface area contributed by atoms with Gasteiger partial charge in [0.25, 0.3) is 6.43 Å². The topological polar surface area (TPSA) is 122 Å². The molecule has 0 aromatic carbocycles. The van der Waals surface area contributed by atoms with Crippen LogP contribution < -0.4 is 9.62 Å². The molecule has 1 saturated carbocycles. The smallest absolute Gasteiger partial charge is 0.291 e. The van der Waals surface area contributed by atoms with Crippen LogP contribution in [0.15, 0.2) is 23.4 Å². The lowest BCUT2D eigenvalue weighted by Crippen LogP contribution is -2.47. The standard InChI is InChI=1S/C24H30F2N6O4S2/c1-13(15-3-4-15)30-38(34,35)16-9-17(31-7-5-24(6-8-31)12-36-14(2)19(24)33)18-10-27-21(32(18)11-16)23-29-28-22(37-23)20(25)26/h9-11,13-15,19-20,30,33H,3-8,12H2,1-2H3/t13?,14-,19-/m0/s1. The quantitative estimate of drug-likeness (QED) is 0.446. The first-order valence-corrected chi connectivity index (χ1v) is 15.1. The minimum Gasteiger partial charge on any atom is -0.390 e. The van der Waals surface area contributed by atoms with Crippen molar-refractivity contribution in [1.82, 2.24) is 24.3 Å². The number of sulfonamides is 1. The maximum absolute atomic E-state index is 13.5. The molecule has 10 nitrogen and oxygen atoms in total. The van der Waals surface area contributed by atoms with Crippen LogP contribution in [0.4, 0.5) is 14.5 Å². The highest BCUT2D eigenvalue weighted by Gasteiger charge is 2.49. The molecule has 206 valence electrons. The van der Waals surface area contributed by atoms with Gasteiger partial charge in [0.05, 0.1) is 36.2 Å². The van der Waals surface area contributed by atoms with E-state index in [1.165, 1.54) is 6.20 Å². The van der Waals surface area contributed by atoms with Crippen LogP contribution in [0.2, 0.25) is 0 Å². The van der Waals surface area contributed by atoms with Crippen LogP contribution in [0.25, 0.3) is 16.3 Å². The van der Waals surface area contributed by atoms with Crippen molar-refractivity contribution in [2.75, 3.05) is 24.6 Å². The summed E-state index contributed by atoms with van der Waals surface area (Å²) in [5, 5.41) is 18.0. The number of aliphatic hydroxyl groups excluding tert-OH is 1. The zero-order valence-electron chi connectivity index (χ0n) is 21.0. The molecule has 3 atom stereocenters. The van der Waals surface area contributed by atoms with E-state index < -0.39 is 27.6 Å². The molecule has 38 heavy (non-hydrogen) atoms. The highest BCUT2D eigenvalue weighted by molar-refractivity contribution is 7.89. The molecule has 3 aliphatic rings. The number of aliphatic hydroxyl groups is 1. The van der Waals surface area contributed by atoms with Crippen molar-refractivity contribution in [1.29, 1.82) is 0 Å². The Morgan fingerprint density at radius 1 is 1.26 bits per heavy atom. The molecule has 2 N–H and O–H groups in total. The number of nitrogens with one attached hydrogen (secondary N) is 1. The number of ether oxygens (including phenoxy) is 1. The predicted octanol–water partition coefficient (Wildman–Crippen LogP) is 3.23. The number of anilines is 1. The number of fused-ring (bicyclic) bond motifs is 1. The summed E-state index contributed by atoms with van der Waals surface area (Å²) < 4.78 is 63.4. The zero-order valence-corrected chi connectivity index (χ0v) is 22.7. The normalized spacial score (nSPS) is 24.6. The molecule has 1 unspecified atom stereocenters. The molecule has 5 heterocycles. The van der Waals surface area contributed by atoms with Crippen LogP contribution in [-0.2, 0) is 14.8 Å². The Balaban J connectivity index is 1.40. The number of hydrogen-bond donors (Lipinski definition) is 2. The molecular formula is C24H30F2N6O4S2. The number of halogens is 2. The Morgan fingerprint density at radius 2 is 2.00 bits per heavy atom. The molecule has 3 aromatic heterocycles. The van der Waals surface area contributed by atoms with Gasteiger partial charge in [-0.2, -0.15) is 0 Å². The Bertz CT molecular complexity index is 1450. The fraction of sp³-hybridized carbons (Fsp3) is 0.625. The van der Waals surface area contributed by atoms with Crippen LogP contribution in [0.3, 0.4) is 0 Å². The van der Waals surface area contributed by atoms with E-state index in [9.17, 15) is 22.3 Å². The predicted molar refractivity (Wildman–Crippen MR) is 137 cm³/mol. The van der Waals surface area contributed by atoms with Crippen LogP contribution in [-0.4, -0.2) is 71.1 Å². The van der Waals surface area contributed by atoms with E-state index in [1.807, 2.05) is 13.8 Å². The van der Waals surface area contributed by atoms with Crippen molar-refractivity contribution in [2.45, 2.75) is 69.1 Å². The van der Waals surface area contributed by atoms with Gasteiger partial charge >= 0.3 is 0 Å². The second-order valence-electron chi connectivity index (χ2n) is 10.7. The fourth-order valence-electron chi connectivity index (χ4n) is 5.64. The van der Waals surface area contributed by atoms with E-state index in [-0.39, 0.29) is 33.3 Å². The Labute approximate surface area is 223 Å². The summed E-state index contributed by atoms with van der Waals surface area (Å²) in [5.41, 5.74) is 0.983. The first kappa shape index (κ1) is 26.0. The number of piperidine rings is 1. The zero-order chi connectivity index (χ0) is 26.8. The molecule has 6 rings (SSSR count). The Morgan fingerprint density at radius 3 is 2.61 bits per heavy atom. The average Bonchev–Trinajstić information content (AvgIpc) is 3.37. The lowest BCUT2D eigenvalue weighted by atomic mass is 9.74. The van der Waals surface area contributed by atoms with Crippen molar-refractivity contribution in [2.24, 2.45) is 11.3 Å². The van der Waals surface area contributed by atoms with Gasteiger partial charge in [0.1, 0.15) is 4.90 Å². The van der Waals surface area contributed by atoms with Crippen molar-refractivity contribution in [3.63, 3.8) is 0 Å². The summed E-state index contributed by atoms with van der Waals surface area (Å²) in [6, 6.07) is 1.45. The third kappa shape index (κ3) is 4.49. The van der Waals surface area contributed by atoms with Crippen molar-refractivity contribution in [3.8, 4) is 10.8 Å². The molecule has 3 fully saturated rings.